The van der Waals surface area contributed by atoms with Crippen molar-refractivity contribution in [3.8, 4) is 0 Å². The van der Waals surface area contributed by atoms with Crippen LogP contribution in [-0.2, 0) is 15.7 Å². The molecule has 1 atom stereocenters. The Hall–Kier alpha value is -2.36. The van der Waals surface area contributed by atoms with E-state index in [0.29, 0.717) is 32.5 Å². The minimum absolute atomic E-state index is 0.0532. The van der Waals surface area contributed by atoms with Gasteiger partial charge in [-0.25, -0.2) is 4.98 Å². The topological polar surface area (TPSA) is 79.4 Å². The summed E-state index contributed by atoms with van der Waals surface area (Å²) in [5, 5.41) is 5.72. The SMILES string of the molecule is CC.CC.CC/C=C(\CC)Nc1ncc(C(F)(F)F)c(NCCCN2CCCOCC2=O)n1.CCCCC(C)CCC. The average molecular weight is 604 g/mol. The van der Waals surface area contributed by atoms with E-state index >= 15 is 0 Å². The molecule has 1 saturated heterocycles. The molecule has 7 nitrogen and oxygen atoms in total. The summed E-state index contributed by atoms with van der Waals surface area (Å²) in [5.74, 6) is 0.714. The van der Waals surface area contributed by atoms with E-state index in [0.717, 1.165) is 30.7 Å². The monoisotopic (exact) mass is 603 g/mol. The largest absolute Gasteiger partial charge is 0.421 e. The molecule has 0 aromatic carbocycles. The third-order valence-electron chi connectivity index (χ3n) is 6.22. The number of rotatable bonds is 14. The number of ether oxygens (including phenoxy) is 1. The van der Waals surface area contributed by atoms with E-state index < -0.39 is 11.7 Å². The van der Waals surface area contributed by atoms with Crippen molar-refractivity contribution in [2.24, 2.45) is 5.92 Å². The van der Waals surface area contributed by atoms with Crippen molar-refractivity contribution >= 4 is 17.7 Å². The van der Waals surface area contributed by atoms with Crippen molar-refractivity contribution in [1.29, 1.82) is 0 Å². The van der Waals surface area contributed by atoms with E-state index in [9.17, 15) is 18.0 Å². The molecule has 0 bridgehead atoms. The highest BCUT2D eigenvalue weighted by atomic mass is 19.4. The Balaban J connectivity index is 0. The Morgan fingerprint density at radius 3 is 2.36 bits per heavy atom. The Morgan fingerprint density at radius 2 is 1.79 bits per heavy atom. The second kappa shape index (κ2) is 26.3. The van der Waals surface area contributed by atoms with Gasteiger partial charge < -0.3 is 20.3 Å². The van der Waals surface area contributed by atoms with Gasteiger partial charge in [-0.1, -0.05) is 100 Å². The number of allylic oxidation sites excluding steroid dienone is 2. The van der Waals surface area contributed by atoms with Crippen molar-refractivity contribution in [3.05, 3.63) is 23.5 Å². The minimum atomic E-state index is -4.56. The first-order valence-corrected chi connectivity index (χ1v) is 16.2. The van der Waals surface area contributed by atoms with Crippen LogP contribution < -0.4 is 10.6 Å². The minimum Gasteiger partial charge on any atom is -0.372 e. The number of nitrogens with zero attached hydrogens (tertiary/aromatic N) is 3. The maximum absolute atomic E-state index is 13.3. The summed E-state index contributed by atoms with van der Waals surface area (Å²) in [4.78, 5) is 21.4. The maximum Gasteiger partial charge on any atom is 0.421 e. The molecule has 1 aliphatic rings. The summed E-state index contributed by atoms with van der Waals surface area (Å²) in [6.45, 7) is 20.7. The molecule has 0 aliphatic carbocycles. The molecule has 246 valence electrons. The van der Waals surface area contributed by atoms with Gasteiger partial charge in [0, 0.05) is 38.1 Å². The number of amides is 1. The zero-order chi connectivity index (χ0) is 32.4. The van der Waals surface area contributed by atoms with Crippen LogP contribution >= 0.6 is 0 Å². The lowest BCUT2D eigenvalue weighted by Crippen LogP contribution is -2.34. The van der Waals surface area contributed by atoms with Crippen LogP contribution in [0.1, 0.15) is 126 Å². The van der Waals surface area contributed by atoms with Gasteiger partial charge >= 0.3 is 6.18 Å². The van der Waals surface area contributed by atoms with Gasteiger partial charge in [0.15, 0.2) is 0 Å². The van der Waals surface area contributed by atoms with Crippen molar-refractivity contribution in [2.75, 3.05) is 43.5 Å². The van der Waals surface area contributed by atoms with Gasteiger partial charge in [-0.15, -0.1) is 0 Å². The summed E-state index contributed by atoms with van der Waals surface area (Å²) in [6.07, 6.45) is 7.87. The first-order chi connectivity index (χ1) is 20.2. The second-order valence-corrected chi connectivity index (χ2v) is 9.67. The molecule has 1 fully saturated rings. The highest BCUT2D eigenvalue weighted by Gasteiger charge is 2.35. The molecule has 0 radical (unpaired) electrons. The van der Waals surface area contributed by atoms with Crippen molar-refractivity contribution in [3.63, 3.8) is 0 Å². The van der Waals surface area contributed by atoms with Gasteiger partial charge in [-0.2, -0.15) is 18.2 Å². The summed E-state index contributed by atoms with van der Waals surface area (Å²) in [7, 11) is 0. The number of hydrogen-bond donors (Lipinski definition) is 2. The molecule has 2 N–H and O–H groups in total. The summed E-state index contributed by atoms with van der Waals surface area (Å²) in [6, 6.07) is 0. The highest BCUT2D eigenvalue weighted by Crippen LogP contribution is 2.34. The molecular weight excluding hydrogens is 543 g/mol. The number of carbonyl (C=O) groups excluding carboxylic acids is 1. The molecule has 1 aromatic heterocycles. The Kier molecular flexibility index (Phi) is 26.1. The molecule has 1 amide bonds. The van der Waals surface area contributed by atoms with Gasteiger partial charge in [0.1, 0.15) is 18.0 Å². The lowest BCUT2D eigenvalue weighted by atomic mass is 10.00. The van der Waals surface area contributed by atoms with E-state index in [-0.39, 0.29) is 30.8 Å². The number of carbonyl (C=O) groups is 1. The van der Waals surface area contributed by atoms with E-state index in [1.165, 1.54) is 32.1 Å². The van der Waals surface area contributed by atoms with Crippen LogP contribution in [0.5, 0.6) is 0 Å². The van der Waals surface area contributed by atoms with Gasteiger partial charge in [0.2, 0.25) is 11.9 Å². The molecule has 0 spiro atoms. The predicted octanol–water partition coefficient (Wildman–Crippen LogP) is 9.33. The van der Waals surface area contributed by atoms with Crippen molar-refractivity contribution in [2.45, 2.75) is 126 Å². The number of unbranched alkanes of at least 4 members (excludes halogenated alkanes) is 1. The molecule has 1 aromatic rings. The van der Waals surface area contributed by atoms with Crippen molar-refractivity contribution in [1.82, 2.24) is 14.9 Å². The number of halogens is 3. The maximum atomic E-state index is 13.3. The van der Waals surface area contributed by atoms with Gasteiger partial charge in [0.05, 0.1) is 0 Å². The van der Waals surface area contributed by atoms with Crippen LogP contribution in [0.3, 0.4) is 0 Å². The average Bonchev–Trinajstić information content (AvgIpc) is 3.19. The van der Waals surface area contributed by atoms with Crippen LogP contribution in [0.4, 0.5) is 24.9 Å². The Labute approximate surface area is 254 Å². The molecule has 2 heterocycles. The zero-order valence-electron chi connectivity index (χ0n) is 27.9. The van der Waals surface area contributed by atoms with Gasteiger partial charge in [0.25, 0.3) is 0 Å². The standard InChI is InChI=1S/C19H28F3N5O2.C9H20.2C2H6/c1-3-7-14(4-2)25-18-24-12-15(19(20,21)22)17(26-18)23-8-5-9-27-10-6-11-29-13-16(27)28;1-4-6-8-9(3)7-5-2;2*1-2/h7,12H,3-6,8-11,13H2,1-2H3,(H2,23,24,25,26);9H,4-8H2,1-3H3;2*1-2H3/b14-7+;;;. The number of hydrogen-bond acceptors (Lipinski definition) is 6. The molecule has 0 saturated carbocycles. The molecule has 2 rings (SSSR count). The van der Waals surface area contributed by atoms with Crippen LogP contribution in [-0.4, -0.2) is 53.6 Å². The molecule has 1 unspecified atom stereocenters. The predicted molar refractivity (Wildman–Crippen MR) is 171 cm³/mol. The van der Waals surface area contributed by atoms with E-state index in [2.05, 4.69) is 41.4 Å². The van der Waals surface area contributed by atoms with Gasteiger partial charge in [-0.05, 0) is 31.6 Å². The summed E-state index contributed by atoms with van der Waals surface area (Å²) in [5.41, 5.74) is -0.0695. The van der Waals surface area contributed by atoms with E-state index in [1.807, 2.05) is 47.6 Å². The first kappa shape index (κ1) is 41.8. The zero-order valence-corrected chi connectivity index (χ0v) is 27.9. The molecule has 42 heavy (non-hydrogen) atoms. The second-order valence-electron chi connectivity index (χ2n) is 9.67. The third-order valence-corrected chi connectivity index (χ3v) is 6.22. The molecular formula is C32H60F3N5O2. The van der Waals surface area contributed by atoms with Crippen LogP contribution in [0.15, 0.2) is 18.0 Å². The van der Waals surface area contributed by atoms with Crippen LogP contribution in [0.2, 0.25) is 0 Å². The fourth-order valence-electron chi connectivity index (χ4n) is 4.09. The van der Waals surface area contributed by atoms with E-state index in [1.54, 1.807) is 4.90 Å². The number of alkyl halides is 3. The lowest BCUT2D eigenvalue weighted by molar-refractivity contribution is -0.137. The number of nitrogens with one attached hydrogen (secondary N) is 2. The third kappa shape index (κ3) is 18.9. The van der Waals surface area contributed by atoms with Gasteiger partial charge in [-0.3, -0.25) is 4.79 Å². The first-order valence-electron chi connectivity index (χ1n) is 16.2. The normalized spacial score (nSPS) is 14.2. The highest BCUT2D eigenvalue weighted by molar-refractivity contribution is 5.77. The fourth-order valence-corrected chi connectivity index (χ4v) is 4.09. The molecule has 1 aliphatic heterocycles. The van der Waals surface area contributed by atoms with E-state index in [4.69, 9.17) is 4.74 Å². The van der Waals surface area contributed by atoms with Crippen LogP contribution in [0.25, 0.3) is 0 Å². The smallest absolute Gasteiger partial charge is 0.372 e. The Morgan fingerprint density at radius 1 is 1.10 bits per heavy atom. The summed E-state index contributed by atoms with van der Waals surface area (Å²) < 4.78 is 45.1. The fraction of sp³-hybridized carbons (Fsp3) is 0.781. The number of aromatic nitrogens is 2. The molecule has 10 heteroatoms. The quantitative estimate of drug-likeness (QED) is 0.206. The lowest BCUT2D eigenvalue weighted by Gasteiger charge is -2.20. The van der Waals surface area contributed by atoms with Crippen molar-refractivity contribution < 1.29 is 22.7 Å². The number of anilines is 2. The van der Waals surface area contributed by atoms with Crippen LogP contribution in [0, 0.1) is 5.92 Å². The summed E-state index contributed by atoms with van der Waals surface area (Å²) >= 11 is 0. The Bertz CT molecular complexity index is 835.